The topological polar surface area (TPSA) is 92.2 Å². The molecule has 4 nitrogen and oxygen atoms in total. The average molecular weight is 124 g/mol. The molecule has 0 spiro atoms. The molecule has 1 unspecified atom stereocenters. The zero-order valence-corrected chi connectivity index (χ0v) is 4.70. The van der Waals surface area contributed by atoms with Gasteiger partial charge in [-0.15, -0.1) is 0 Å². The van der Waals surface area contributed by atoms with Crippen LogP contribution in [-0.2, 0) is 0 Å². The van der Waals surface area contributed by atoms with Crippen molar-refractivity contribution >= 4 is 0 Å². The molecule has 0 aliphatic carbocycles. The molecule has 5 N–H and O–H groups in total. The van der Waals surface area contributed by atoms with Crippen LogP contribution in [-0.4, -0.2) is 33.2 Å². The van der Waals surface area contributed by atoms with E-state index < -0.39 is 12.4 Å². The highest BCUT2D eigenvalue weighted by atomic mass is 16.5. The lowest BCUT2D eigenvalue weighted by Gasteiger charge is -2.07. The number of aliphatic hydroxyl groups is 3. The van der Waals surface area contributed by atoms with Crippen molar-refractivity contribution in [2.24, 2.45) is 0 Å². The van der Waals surface area contributed by atoms with Gasteiger partial charge in [-0.25, -0.2) is 0 Å². The van der Waals surface area contributed by atoms with E-state index in [0.717, 1.165) is 0 Å². The van der Waals surface area contributed by atoms with E-state index in [1.165, 1.54) is 0 Å². The van der Waals surface area contributed by atoms with E-state index in [1.54, 1.807) is 6.92 Å². The number of hydrogen-bond donors (Lipinski definition) is 3. The zero-order chi connectivity index (χ0) is 5.86. The first-order chi connectivity index (χ1) is 3.18. The third kappa shape index (κ3) is 4.01. The van der Waals surface area contributed by atoms with Crippen molar-refractivity contribution in [1.82, 2.24) is 0 Å². The Hall–Kier alpha value is -0.160. The number of hydrogen-bond acceptors (Lipinski definition) is 3. The van der Waals surface area contributed by atoms with Crippen LogP contribution in [0.2, 0.25) is 0 Å². The van der Waals surface area contributed by atoms with E-state index in [1.807, 2.05) is 0 Å². The van der Waals surface area contributed by atoms with Crippen molar-refractivity contribution in [2.75, 3.05) is 0 Å². The van der Waals surface area contributed by atoms with Gasteiger partial charge in [0.25, 0.3) is 0 Å². The molecule has 0 aromatic carbocycles. The molecule has 0 amide bonds. The van der Waals surface area contributed by atoms with Crippen LogP contribution < -0.4 is 0 Å². The molecule has 4 heteroatoms. The molecular formula is C4H12O4. The second-order valence-electron chi connectivity index (χ2n) is 1.39. The van der Waals surface area contributed by atoms with E-state index in [4.69, 9.17) is 15.3 Å². The van der Waals surface area contributed by atoms with Crippen LogP contribution in [0.4, 0.5) is 0 Å². The second kappa shape index (κ2) is 4.99. The molecule has 0 bridgehead atoms. The summed E-state index contributed by atoms with van der Waals surface area (Å²) in [5.74, 6) is 0. The summed E-state index contributed by atoms with van der Waals surface area (Å²) in [6.07, 6.45) is -2.19. The van der Waals surface area contributed by atoms with Crippen LogP contribution in [0, 0.1) is 0 Å². The quantitative estimate of drug-likeness (QED) is 0.381. The SMILES string of the molecule is CCC(O)C(O)O.O. The molecule has 0 heterocycles. The third-order valence-corrected chi connectivity index (χ3v) is 0.762. The van der Waals surface area contributed by atoms with Gasteiger partial charge in [-0.2, -0.15) is 0 Å². The molecule has 0 aliphatic heterocycles. The van der Waals surface area contributed by atoms with Crippen LogP contribution in [0.5, 0.6) is 0 Å². The van der Waals surface area contributed by atoms with Crippen LogP contribution in [0.1, 0.15) is 13.3 Å². The lowest BCUT2D eigenvalue weighted by Crippen LogP contribution is -2.23. The van der Waals surface area contributed by atoms with Crippen molar-refractivity contribution in [2.45, 2.75) is 25.7 Å². The molecule has 1 atom stereocenters. The Bertz CT molecular complexity index is 45.3. The maximum absolute atomic E-state index is 8.44. The van der Waals surface area contributed by atoms with E-state index in [9.17, 15) is 0 Å². The summed E-state index contributed by atoms with van der Waals surface area (Å²) in [7, 11) is 0. The van der Waals surface area contributed by atoms with Gasteiger partial charge in [0.15, 0.2) is 6.29 Å². The van der Waals surface area contributed by atoms with Crippen molar-refractivity contribution in [3.8, 4) is 0 Å². The van der Waals surface area contributed by atoms with Gasteiger partial charge >= 0.3 is 0 Å². The molecule has 0 radical (unpaired) electrons. The van der Waals surface area contributed by atoms with Crippen LogP contribution in [0.3, 0.4) is 0 Å². The number of rotatable bonds is 2. The smallest absolute Gasteiger partial charge is 0.178 e. The standard InChI is InChI=1S/C4H10O3.H2O/c1-2-3(5)4(6)7;/h3-7H,2H2,1H3;1H2. The van der Waals surface area contributed by atoms with E-state index in [2.05, 4.69) is 0 Å². The Morgan fingerprint density at radius 2 is 1.62 bits per heavy atom. The fourth-order valence-corrected chi connectivity index (χ4v) is 0.211. The summed E-state index contributed by atoms with van der Waals surface area (Å²) < 4.78 is 0. The van der Waals surface area contributed by atoms with Crippen LogP contribution >= 0.6 is 0 Å². The van der Waals surface area contributed by atoms with Gasteiger partial charge in [-0.1, -0.05) is 6.92 Å². The lowest BCUT2D eigenvalue weighted by atomic mass is 10.3. The first-order valence-electron chi connectivity index (χ1n) is 2.22. The van der Waals surface area contributed by atoms with Gasteiger partial charge in [0.2, 0.25) is 0 Å². The Morgan fingerprint density at radius 3 is 1.62 bits per heavy atom. The van der Waals surface area contributed by atoms with Gasteiger partial charge in [-0.05, 0) is 6.42 Å². The molecular weight excluding hydrogens is 112 g/mol. The molecule has 0 aromatic heterocycles. The molecule has 0 saturated carbocycles. The normalized spacial score (nSPS) is 13.1. The Morgan fingerprint density at radius 1 is 1.25 bits per heavy atom. The third-order valence-electron chi connectivity index (χ3n) is 0.762. The monoisotopic (exact) mass is 124 g/mol. The van der Waals surface area contributed by atoms with Crippen molar-refractivity contribution < 1.29 is 20.8 Å². The summed E-state index contributed by atoms with van der Waals surface area (Å²) in [5, 5.41) is 24.7. The van der Waals surface area contributed by atoms with Crippen LogP contribution in [0.15, 0.2) is 0 Å². The first kappa shape index (κ1) is 10.8. The second-order valence-corrected chi connectivity index (χ2v) is 1.39. The maximum atomic E-state index is 8.44. The summed E-state index contributed by atoms with van der Waals surface area (Å²) in [6.45, 7) is 1.67. The predicted octanol–water partition coefficient (Wildman–Crippen LogP) is -1.76. The average Bonchev–Trinajstić information content (AvgIpc) is 1.65. The van der Waals surface area contributed by atoms with Crippen molar-refractivity contribution in [1.29, 1.82) is 0 Å². The highest BCUT2D eigenvalue weighted by Gasteiger charge is 2.07. The molecule has 0 fully saturated rings. The lowest BCUT2D eigenvalue weighted by molar-refractivity contribution is -0.122. The Balaban J connectivity index is 0. The van der Waals surface area contributed by atoms with Gasteiger partial charge in [0.1, 0.15) is 6.10 Å². The van der Waals surface area contributed by atoms with E-state index in [-0.39, 0.29) is 5.48 Å². The zero-order valence-electron chi connectivity index (χ0n) is 4.70. The summed E-state index contributed by atoms with van der Waals surface area (Å²) in [6, 6.07) is 0. The Kier molecular flexibility index (Phi) is 6.70. The minimum Gasteiger partial charge on any atom is -0.412 e. The summed E-state index contributed by atoms with van der Waals surface area (Å²) in [5.41, 5.74) is 0. The van der Waals surface area contributed by atoms with Gasteiger partial charge in [-0.3, -0.25) is 0 Å². The maximum Gasteiger partial charge on any atom is 0.178 e. The highest BCUT2D eigenvalue weighted by Crippen LogP contribution is 1.91. The van der Waals surface area contributed by atoms with E-state index >= 15 is 0 Å². The Labute approximate surface area is 47.7 Å². The minimum absolute atomic E-state index is 0. The molecule has 52 valence electrons. The summed E-state index contributed by atoms with van der Waals surface area (Å²) >= 11 is 0. The fraction of sp³-hybridized carbons (Fsp3) is 1.00. The molecule has 0 rings (SSSR count). The number of aliphatic hydroxyl groups excluding tert-OH is 2. The van der Waals surface area contributed by atoms with Crippen molar-refractivity contribution in [3.63, 3.8) is 0 Å². The largest absolute Gasteiger partial charge is 0.412 e. The van der Waals surface area contributed by atoms with E-state index in [0.29, 0.717) is 6.42 Å². The van der Waals surface area contributed by atoms with Gasteiger partial charge < -0.3 is 20.8 Å². The molecule has 0 aromatic rings. The van der Waals surface area contributed by atoms with Gasteiger partial charge in [0.05, 0.1) is 0 Å². The summed E-state index contributed by atoms with van der Waals surface area (Å²) in [4.78, 5) is 0. The van der Waals surface area contributed by atoms with Crippen LogP contribution in [0.25, 0.3) is 0 Å². The predicted molar refractivity (Wildman–Crippen MR) is 28.1 cm³/mol. The minimum atomic E-state index is -1.58. The fourth-order valence-electron chi connectivity index (χ4n) is 0.211. The molecule has 8 heavy (non-hydrogen) atoms. The van der Waals surface area contributed by atoms with Gasteiger partial charge in [0, 0.05) is 0 Å². The molecule has 0 aliphatic rings. The highest BCUT2D eigenvalue weighted by molar-refractivity contribution is 4.50. The van der Waals surface area contributed by atoms with Crippen molar-refractivity contribution in [3.05, 3.63) is 0 Å². The first-order valence-corrected chi connectivity index (χ1v) is 2.22. The molecule has 0 saturated heterocycles.